The van der Waals surface area contributed by atoms with Gasteiger partial charge in [-0.05, 0) is 54.2 Å². The largest absolute Gasteiger partial charge is 0.395 e. The van der Waals surface area contributed by atoms with Gasteiger partial charge < -0.3 is 26.4 Å². The Hall–Kier alpha value is -4.03. The molecular weight excluding hydrogens is 511 g/mol. The van der Waals surface area contributed by atoms with E-state index < -0.39 is 29.6 Å². The van der Waals surface area contributed by atoms with Crippen LogP contribution < -0.4 is 26.6 Å². The number of hydrogen-bond donors (Lipinski definition) is 3. The van der Waals surface area contributed by atoms with Gasteiger partial charge in [-0.15, -0.1) is 0 Å². The molecule has 10 nitrogen and oxygen atoms in total. The molecule has 0 saturated carbocycles. The summed E-state index contributed by atoms with van der Waals surface area (Å²) in [6.45, 7) is 0.849. The van der Waals surface area contributed by atoms with E-state index in [1.54, 1.807) is 30.3 Å². The Bertz CT molecular complexity index is 1320. The molecule has 2 atom stereocenters. The maximum absolute atomic E-state index is 15.2. The lowest BCUT2D eigenvalue weighted by Crippen LogP contribution is -2.46. The van der Waals surface area contributed by atoms with Crippen molar-refractivity contribution in [2.75, 3.05) is 42.8 Å². The summed E-state index contributed by atoms with van der Waals surface area (Å²) in [5.74, 6) is -2.96. The van der Waals surface area contributed by atoms with Crippen LogP contribution in [0, 0.1) is 5.82 Å². The Morgan fingerprint density at radius 1 is 1.18 bits per heavy atom. The molecule has 0 radical (unpaired) electrons. The van der Waals surface area contributed by atoms with Crippen molar-refractivity contribution in [1.82, 2.24) is 9.69 Å². The van der Waals surface area contributed by atoms with Crippen molar-refractivity contribution in [1.29, 1.82) is 0 Å². The van der Waals surface area contributed by atoms with E-state index in [1.165, 1.54) is 18.2 Å². The SMILES string of the molecule is CN(C)c1ccc([C@@H](C(=O)NC[C@@H]2CCCO2)N(C(=O)c2snc(C(N)=O)c2N)c2ccccc2F)cc1. The molecule has 4 rings (SSSR count). The minimum Gasteiger partial charge on any atom is -0.395 e. The van der Waals surface area contributed by atoms with Crippen LogP contribution in [0.2, 0.25) is 0 Å². The first-order valence-corrected chi connectivity index (χ1v) is 12.8. The van der Waals surface area contributed by atoms with Crippen molar-refractivity contribution >= 4 is 46.3 Å². The number of amides is 3. The molecule has 0 aliphatic carbocycles. The van der Waals surface area contributed by atoms with Crippen LogP contribution in [-0.2, 0) is 9.53 Å². The summed E-state index contributed by atoms with van der Waals surface area (Å²) in [5, 5.41) is 2.87. The number of hydrogen-bond acceptors (Lipinski definition) is 8. The molecule has 2 aromatic carbocycles. The number of nitrogens with one attached hydrogen (secondary N) is 1. The maximum Gasteiger partial charge on any atom is 0.273 e. The Balaban J connectivity index is 1.83. The van der Waals surface area contributed by atoms with Gasteiger partial charge in [0, 0.05) is 32.9 Å². The zero-order valence-corrected chi connectivity index (χ0v) is 21.8. The van der Waals surface area contributed by atoms with Crippen LogP contribution in [0.15, 0.2) is 48.5 Å². The molecule has 1 saturated heterocycles. The molecule has 200 valence electrons. The molecule has 1 aliphatic heterocycles. The van der Waals surface area contributed by atoms with Gasteiger partial charge in [-0.3, -0.25) is 19.3 Å². The van der Waals surface area contributed by atoms with Gasteiger partial charge in [0.1, 0.15) is 16.7 Å². The second-order valence-corrected chi connectivity index (χ2v) is 9.81. The molecule has 0 spiro atoms. The number of halogens is 1. The maximum atomic E-state index is 15.2. The van der Waals surface area contributed by atoms with E-state index in [4.69, 9.17) is 16.2 Å². The summed E-state index contributed by atoms with van der Waals surface area (Å²) in [5.41, 5.74) is 12.1. The monoisotopic (exact) mass is 540 g/mol. The minimum absolute atomic E-state index is 0.135. The quantitative estimate of drug-likeness (QED) is 0.379. The van der Waals surface area contributed by atoms with Gasteiger partial charge >= 0.3 is 0 Å². The lowest BCUT2D eigenvalue weighted by atomic mass is 10.0. The summed E-state index contributed by atoms with van der Waals surface area (Å²) in [7, 11) is 3.75. The Kier molecular flexibility index (Phi) is 8.23. The van der Waals surface area contributed by atoms with E-state index in [2.05, 4.69) is 9.69 Å². The normalized spacial score (nSPS) is 15.6. The number of carbonyl (C=O) groups excluding carboxylic acids is 3. The molecule has 0 unspecified atom stereocenters. The van der Waals surface area contributed by atoms with Crippen molar-refractivity contribution in [3.8, 4) is 0 Å². The second kappa shape index (κ2) is 11.6. The first kappa shape index (κ1) is 27.0. The van der Waals surface area contributed by atoms with Crippen LogP contribution in [-0.4, -0.2) is 55.4 Å². The van der Waals surface area contributed by atoms with Crippen LogP contribution >= 0.6 is 11.5 Å². The van der Waals surface area contributed by atoms with Crippen molar-refractivity contribution in [2.24, 2.45) is 5.73 Å². The van der Waals surface area contributed by atoms with Crippen molar-refractivity contribution < 1.29 is 23.5 Å². The molecule has 1 aliphatic rings. The molecule has 12 heteroatoms. The van der Waals surface area contributed by atoms with Gasteiger partial charge in [-0.2, -0.15) is 4.37 Å². The van der Waals surface area contributed by atoms with Gasteiger partial charge in [0.2, 0.25) is 5.91 Å². The number of aromatic nitrogens is 1. The van der Waals surface area contributed by atoms with Crippen molar-refractivity contribution in [3.63, 3.8) is 0 Å². The summed E-state index contributed by atoms with van der Waals surface area (Å²) < 4.78 is 24.8. The molecular formula is C26H29FN6O4S. The van der Waals surface area contributed by atoms with Crippen LogP contribution in [0.5, 0.6) is 0 Å². The van der Waals surface area contributed by atoms with E-state index in [0.29, 0.717) is 23.7 Å². The fourth-order valence-corrected chi connectivity index (χ4v) is 4.98. The lowest BCUT2D eigenvalue weighted by molar-refractivity contribution is -0.123. The summed E-state index contributed by atoms with van der Waals surface area (Å²) in [6, 6.07) is 11.3. The number of nitrogens with zero attached hydrogens (tertiary/aromatic N) is 3. The summed E-state index contributed by atoms with van der Waals surface area (Å²) >= 11 is 0.658. The highest BCUT2D eigenvalue weighted by Gasteiger charge is 2.37. The van der Waals surface area contributed by atoms with E-state index in [1.807, 2.05) is 19.0 Å². The average Bonchev–Trinajstić information content (AvgIpc) is 3.56. The average molecular weight is 541 g/mol. The molecule has 5 N–H and O–H groups in total. The fraction of sp³-hybridized carbons (Fsp3) is 0.308. The van der Waals surface area contributed by atoms with E-state index in [-0.39, 0.29) is 34.6 Å². The highest BCUT2D eigenvalue weighted by molar-refractivity contribution is 7.09. The predicted molar refractivity (Wildman–Crippen MR) is 144 cm³/mol. The number of nitrogen functional groups attached to an aromatic ring is 1. The van der Waals surface area contributed by atoms with Gasteiger partial charge in [0.15, 0.2) is 5.69 Å². The fourth-order valence-electron chi connectivity index (χ4n) is 4.24. The van der Waals surface area contributed by atoms with E-state index in [0.717, 1.165) is 23.4 Å². The Morgan fingerprint density at radius 3 is 2.47 bits per heavy atom. The highest BCUT2D eigenvalue weighted by atomic mass is 32.1. The molecule has 3 amide bonds. The molecule has 1 fully saturated rings. The van der Waals surface area contributed by atoms with Crippen molar-refractivity contribution in [3.05, 3.63) is 70.5 Å². The number of ether oxygens (including phenoxy) is 1. The smallest absolute Gasteiger partial charge is 0.273 e. The Labute approximate surface area is 223 Å². The standard InChI is InChI=1S/C26H29FN6O4S/c1-32(2)16-11-9-15(10-12-16)22(25(35)30-14-17-6-5-13-37-17)33(19-8-4-3-7-18(19)27)26(36)23-20(28)21(24(29)34)31-38-23/h3-4,7-12,17,22H,5-6,13-14,28H2,1-2H3,(H2,29,34)(H,30,35)/t17-,22-/m0/s1. The number of anilines is 3. The van der Waals surface area contributed by atoms with Gasteiger partial charge in [-0.25, -0.2) is 4.39 Å². The molecule has 2 heterocycles. The topological polar surface area (TPSA) is 144 Å². The van der Waals surface area contributed by atoms with Crippen LogP contribution in [0.1, 0.15) is 44.6 Å². The third-order valence-electron chi connectivity index (χ3n) is 6.25. The second-order valence-electron chi connectivity index (χ2n) is 9.03. The number of carbonyl (C=O) groups is 3. The number of primary amides is 1. The molecule has 38 heavy (non-hydrogen) atoms. The van der Waals surface area contributed by atoms with Gasteiger partial charge in [0.05, 0.1) is 17.5 Å². The van der Waals surface area contributed by atoms with Crippen molar-refractivity contribution in [2.45, 2.75) is 25.0 Å². The van der Waals surface area contributed by atoms with E-state index >= 15 is 4.39 Å². The first-order chi connectivity index (χ1) is 18.2. The van der Waals surface area contributed by atoms with Crippen LogP contribution in [0.3, 0.4) is 0 Å². The number of benzene rings is 2. The lowest BCUT2D eigenvalue weighted by Gasteiger charge is -2.32. The summed E-state index contributed by atoms with van der Waals surface area (Å²) in [6.07, 6.45) is 1.54. The molecule has 0 bridgehead atoms. The minimum atomic E-state index is -1.28. The molecule has 3 aromatic rings. The molecule has 1 aromatic heterocycles. The van der Waals surface area contributed by atoms with E-state index in [9.17, 15) is 14.4 Å². The highest BCUT2D eigenvalue weighted by Crippen LogP contribution is 2.35. The van der Waals surface area contributed by atoms with Crippen LogP contribution in [0.4, 0.5) is 21.5 Å². The first-order valence-electron chi connectivity index (χ1n) is 12.0. The Morgan fingerprint density at radius 2 is 1.89 bits per heavy atom. The van der Waals surface area contributed by atoms with Gasteiger partial charge in [-0.1, -0.05) is 24.3 Å². The van der Waals surface area contributed by atoms with Gasteiger partial charge in [0.25, 0.3) is 11.8 Å². The third kappa shape index (κ3) is 5.60. The third-order valence-corrected chi connectivity index (χ3v) is 7.10. The van der Waals surface area contributed by atoms with Crippen LogP contribution in [0.25, 0.3) is 0 Å². The zero-order chi connectivity index (χ0) is 27.4. The number of para-hydroxylation sites is 1. The predicted octanol–water partition coefficient (Wildman–Crippen LogP) is 2.71. The number of nitrogens with two attached hydrogens (primary N) is 2. The summed E-state index contributed by atoms with van der Waals surface area (Å²) in [4.78, 5) is 42.3. The number of rotatable bonds is 9. The zero-order valence-electron chi connectivity index (χ0n) is 21.0.